The third-order valence-corrected chi connectivity index (χ3v) is 6.81. The highest BCUT2D eigenvalue weighted by Gasteiger charge is 2.37. The van der Waals surface area contributed by atoms with E-state index in [-0.39, 0.29) is 12.2 Å². The molecule has 0 saturated carbocycles. The lowest BCUT2D eigenvalue weighted by atomic mass is 10.1. The van der Waals surface area contributed by atoms with Crippen LogP contribution in [0, 0.1) is 0 Å². The lowest BCUT2D eigenvalue weighted by Gasteiger charge is -2.26. The van der Waals surface area contributed by atoms with Crippen LogP contribution in [0.4, 0.5) is 10.5 Å². The maximum absolute atomic E-state index is 13.3. The lowest BCUT2D eigenvalue weighted by molar-refractivity contribution is -0.122. The van der Waals surface area contributed by atoms with Crippen molar-refractivity contribution in [3.63, 3.8) is 0 Å². The molecular formula is C29H26BrClN2O6. The van der Waals surface area contributed by atoms with Crippen LogP contribution < -0.4 is 24.4 Å². The van der Waals surface area contributed by atoms with Crippen molar-refractivity contribution in [2.75, 3.05) is 18.6 Å². The van der Waals surface area contributed by atoms with Gasteiger partial charge in [-0.3, -0.25) is 14.9 Å². The number of barbiturate groups is 1. The summed E-state index contributed by atoms with van der Waals surface area (Å²) in [6.07, 6.45) is 3.31. The number of imide groups is 2. The number of carbonyl (C=O) groups is 3. The number of ether oxygens (including phenoxy) is 3. The fourth-order valence-corrected chi connectivity index (χ4v) is 4.58. The van der Waals surface area contributed by atoms with E-state index in [1.54, 1.807) is 42.5 Å². The van der Waals surface area contributed by atoms with Gasteiger partial charge < -0.3 is 14.2 Å². The normalized spacial score (nSPS) is 14.4. The summed E-state index contributed by atoms with van der Waals surface area (Å²) in [5.41, 5.74) is 1.38. The average Bonchev–Trinajstić information content (AvgIpc) is 2.92. The quantitative estimate of drug-likeness (QED) is 0.159. The van der Waals surface area contributed by atoms with Crippen molar-refractivity contribution in [2.45, 2.75) is 26.4 Å². The summed E-state index contributed by atoms with van der Waals surface area (Å²) < 4.78 is 17.6. The second kappa shape index (κ2) is 12.8. The Morgan fingerprint density at radius 1 is 1.03 bits per heavy atom. The number of hydrogen-bond acceptors (Lipinski definition) is 6. The molecule has 0 spiro atoms. The van der Waals surface area contributed by atoms with Gasteiger partial charge in [-0.05, 0) is 76.5 Å². The summed E-state index contributed by atoms with van der Waals surface area (Å²) in [5.74, 6) is -0.124. The molecule has 0 radical (unpaired) electrons. The maximum atomic E-state index is 13.3. The molecule has 4 rings (SSSR count). The molecule has 1 heterocycles. The fraction of sp³-hybridized carbons (Fsp3) is 0.207. The first-order valence-corrected chi connectivity index (χ1v) is 13.4. The highest BCUT2D eigenvalue weighted by molar-refractivity contribution is 9.10. The lowest BCUT2D eigenvalue weighted by Crippen LogP contribution is -2.54. The van der Waals surface area contributed by atoms with Crippen molar-refractivity contribution in [1.82, 2.24) is 5.32 Å². The number of methoxy groups -OCH3 is 1. The fourth-order valence-electron chi connectivity index (χ4n) is 3.81. The molecule has 0 unspecified atom stereocenters. The van der Waals surface area contributed by atoms with Crippen LogP contribution >= 0.6 is 27.5 Å². The Hall–Kier alpha value is -3.82. The maximum Gasteiger partial charge on any atom is 0.335 e. The minimum atomic E-state index is -0.830. The molecule has 1 saturated heterocycles. The number of hydrogen-bond donors (Lipinski definition) is 1. The van der Waals surface area contributed by atoms with Crippen molar-refractivity contribution in [3.8, 4) is 17.2 Å². The van der Waals surface area contributed by atoms with E-state index in [4.69, 9.17) is 25.8 Å². The van der Waals surface area contributed by atoms with E-state index >= 15 is 0 Å². The summed E-state index contributed by atoms with van der Waals surface area (Å²) >= 11 is 9.71. The third-order valence-electron chi connectivity index (χ3n) is 5.86. The molecule has 39 heavy (non-hydrogen) atoms. The molecule has 0 atom stereocenters. The molecule has 10 heteroatoms. The van der Waals surface area contributed by atoms with Crippen molar-refractivity contribution in [3.05, 3.63) is 86.9 Å². The van der Waals surface area contributed by atoms with Crippen LogP contribution in [0.25, 0.3) is 6.08 Å². The van der Waals surface area contributed by atoms with Crippen LogP contribution in [-0.4, -0.2) is 31.6 Å². The number of nitrogens with one attached hydrogen (secondary N) is 1. The second-order valence-electron chi connectivity index (χ2n) is 8.57. The second-order valence-corrected chi connectivity index (χ2v) is 9.83. The van der Waals surface area contributed by atoms with E-state index in [1.807, 2.05) is 18.2 Å². The van der Waals surface area contributed by atoms with Gasteiger partial charge in [-0.15, -0.1) is 0 Å². The molecule has 4 amide bonds. The number of halogens is 2. The first-order valence-electron chi connectivity index (χ1n) is 12.2. The Labute approximate surface area is 239 Å². The molecule has 3 aromatic rings. The number of carbonyl (C=O) groups excluding carboxylic acids is 3. The van der Waals surface area contributed by atoms with Crippen LogP contribution in [0.2, 0.25) is 5.02 Å². The molecule has 0 bridgehead atoms. The number of rotatable bonds is 10. The molecule has 1 aliphatic heterocycles. The van der Waals surface area contributed by atoms with Crippen LogP contribution in [0.5, 0.6) is 17.2 Å². The number of amides is 4. The van der Waals surface area contributed by atoms with Gasteiger partial charge in [0.2, 0.25) is 0 Å². The average molecular weight is 614 g/mol. The molecule has 8 nitrogen and oxygen atoms in total. The summed E-state index contributed by atoms with van der Waals surface area (Å²) in [5, 5.41) is 2.81. The SMILES string of the molecule is CCCCOc1ccc(N2C(=O)NC(=O)/C(=C/c3cc(Br)c(OCc4ccccc4Cl)c(OC)c3)C2=O)cc1. The molecule has 1 N–H and O–H groups in total. The zero-order valence-corrected chi connectivity index (χ0v) is 23.7. The van der Waals surface area contributed by atoms with Gasteiger partial charge in [0.15, 0.2) is 11.5 Å². The van der Waals surface area contributed by atoms with Gasteiger partial charge in [-0.25, -0.2) is 9.69 Å². The van der Waals surface area contributed by atoms with E-state index < -0.39 is 17.8 Å². The summed E-state index contributed by atoms with van der Waals surface area (Å²) in [4.78, 5) is 39.5. The van der Waals surface area contributed by atoms with E-state index in [2.05, 4.69) is 28.2 Å². The van der Waals surface area contributed by atoms with Gasteiger partial charge in [-0.1, -0.05) is 43.1 Å². The Kier molecular flexibility index (Phi) is 9.27. The first-order chi connectivity index (χ1) is 18.8. The highest BCUT2D eigenvalue weighted by Crippen LogP contribution is 2.38. The van der Waals surface area contributed by atoms with Crippen molar-refractivity contribution >= 4 is 57.1 Å². The number of benzene rings is 3. The third kappa shape index (κ3) is 6.61. The largest absolute Gasteiger partial charge is 0.494 e. The van der Waals surface area contributed by atoms with Gasteiger partial charge in [0.05, 0.1) is 23.9 Å². The Bertz CT molecular complexity index is 1420. The predicted octanol–water partition coefficient (Wildman–Crippen LogP) is 6.54. The highest BCUT2D eigenvalue weighted by atomic mass is 79.9. The van der Waals surface area contributed by atoms with Crippen LogP contribution in [0.15, 0.2) is 70.7 Å². The first kappa shape index (κ1) is 28.2. The van der Waals surface area contributed by atoms with E-state index in [1.165, 1.54) is 13.2 Å². The van der Waals surface area contributed by atoms with E-state index in [0.717, 1.165) is 23.3 Å². The molecule has 0 aromatic heterocycles. The Morgan fingerprint density at radius 2 is 1.77 bits per heavy atom. The number of anilines is 1. The number of urea groups is 1. The number of nitrogens with zero attached hydrogens (tertiary/aromatic N) is 1. The predicted molar refractivity (Wildman–Crippen MR) is 152 cm³/mol. The molecule has 0 aliphatic carbocycles. The van der Waals surface area contributed by atoms with Gasteiger partial charge in [0.1, 0.15) is 17.9 Å². The van der Waals surface area contributed by atoms with Crippen LogP contribution in [0.1, 0.15) is 30.9 Å². The van der Waals surface area contributed by atoms with E-state index in [0.29, 0.717) is 44.6 Å². The topological polar surface area (TPSA) is 94.2 Å². The van der Waals surface area contributed by atoms with Gasteiger partial charge in [0.25, 0.3) is 11.8 Å². The molecule has 202 valence electrons. The summed E-state index contributed by atoms with van der Waals surface area (Å²) in [7, 11) is 1.48. The smallest absolute Gasteiger partial charge is 0.335 e. The summed E-state index contributed by atoms with van der Waals surface area (Å²) in [6, 6.07) is 16.3. The zero-order chi connectivity index (χ0) is 27.9. The van der Waals surface area contributed by atoms with Crippen molar-refractivity contribution in [2.24, 2.45) is 0 Å². The Balaban J connectivity index is 1.58. The molecular weight excluding hydrogens is 588 g/mol. The van der Waals surface area contributed by atoms with Crippen LogP contribution in [0.3, 0.4) is 0 Å². The molecule has 3 aromatic carbocycles. The molecule has 1 fully saturated rings. The monoisotopic (exact) mass is 612 g/mol. The van der Waals surface area contributed by atoms with Crippen molar-refractivity contribution in [1.29, 1.82) is 0 Å². The van der Waals surface area contributed by atoms with Crippen LogP contribution in [-0.2, 0) is 16.2 Å². The Morgan fingerprint density at radius 3 is 2.46 bits per heavy atom. The van der Waals surface area contributed by atoms with Gasteiger partial charge in [-0.2, -0.15) is 0 Å². The van der Waals surface area contributed by atoms with E-state index in [9.17, 15) is 14.4 Å². The zero-order valence-electron chi connectivity index (χ0n) is 21.3. The molecule has 1 aliphatic rings. The van der Waals surface area contributed by atoms with Crippen molar-refractivity contribution < 1.29 is 28.6 Å². The van der Waals surface area contributed by atoms with Gasteiger partial charge in [0, 0.05) is 10.6 Å². The summed E-state index contributed by atoms with van der Waals surface area (Å²) in [6.45, 7) is 2.84. The standard InChI is InChI=1S/C29H26BrClN2O6/c1-3-4-13-38-21-11-9-20(10-12-21)33-28(35)22(27(34)32-29(33)36)14-18-15-23(30)26(25(16-18)37-2)39-17-19-7-5-6-8-24(19)31/h5-12,14-16H,3-4,13,17H2,1-2H3,(H,32,34,36)/b22-14-. The minimum absolute atomic E-state index is 0.204. The minimum Gasteiger partial charge on any atom is -0.494 e. The number of unbranched alkanes of at least 4 members (excludes halogenated alkanes) is 1. The van der Waals surface area contributed by atoms with Gasteiger partial charge >= 0.3 is 6.03 Å².